The summed E-state index contributed by atoms with van der Waals surface area (Å²) in [6.45, 7) is 1.98. The van der Waals surface area contributed by atoms with Crippen molar-refractivity contribution in [2.24, 2.45) is 0 Å². The molecule has 0 saturated carbocycles. The van der Waals surface area contributed by atoms with Crippen molar-refractivity contribution in [1.82, 2.24) is 5.32 Å². The van der Waals surface area contributed by atoms with Crippen molar-refractivity contribution >= 4 is 17.5 Å². The summed E-state index contributed by atoms with van der Waals surface area (Å²) in [6, 6.07) is 7.35. The first-order valence-electron chi connectivity index (χ1n) is 4.67. The Morgan fingerprint density at radius 2 is 2.33 bits per heavy atom. The van der Waals surface area contributed by atoms with Crippen LogP contribution in [0.1, 0.15) is 18.5 Å². The third-order valence-corrected chi connectivity index (χ3v) is 2.24. The Morgan fingerprint density at radius 3 is 2.93 bits per heavy atom. The summed E-state index contributed by atoms with van der Waals surface area (Å²) < 4.78 is 4.73. The average Bonchev–Trinajstić information content (AvgIpc) is 2.18. The molecule has 0 fully saturated rings. The number of carbonyl (C=O) groups is 1. The minimum atomic E-state index is -0.134. The van der Waals surface area contributed by atoms with E-state index in [0.717, 1.165) is 5.56 Å². The van der Waals surface area contributed by atoms with E-state index in [2.05, 4.69) is 5.32 Å². The molecule has 1 atom stereocenters. The van der Waals surface area contributed by atoms with E-state index in [4.69, 9.17) is 16.3 Å². The Kier molecular flexibility index (Phi) is 4.59. The number of amides is 1. The van der Waals surface area contributed by atoms with Crippen LogP contribution in [0.25, 0.3) is 0 Å². The van der Waals surface area contributed by atoms with Gasteiger partial charge in [-0.2, -0.15) is 0 Å². The topological polar surface area (TPSA) is 38.3 Å². The number of halogens is 1. The normalized spacial score (nSPS) is 12.2. The van der Waals surface area contributed by atoms with Crippen LogP contribution in [0.3, 0.4) is 0 Å². The fourth-order valence-electron chi connectivity index (χ4n) is 1.27. The van der Waals surface area contributed by atoms with Crippen molar-refractivity contribution in [2.75, 3.05) is 13.7 Å². The van der Waals surface area contributed by atoms with Gasteiger partial charge in [-0.25, -0.2) is 0 Å². The van der Waals surface area contributed by atoms with E-state index in [-0.39, 0.29) is 18.6 Å². The summed E-state index contributed by atoms with van der Waals surface area (Å²) in [5.41, 5.74) is 0.979. The molecule has 1 unspecified atom stereocenters. The van der Waals surface area contributed by atoms with Crippen LogP contribution < -0.4 is 5.32 Å². The predicted molar refractivity (Wildman–Crippen MR) is 59.9 cm³/mol. The van der Waals surface area contributed by atoms with Gasteiger partial charge in [-0.1, -0.05) is 23.7 Å². The van der Waals surface area contributed by atoms with Gasteiger partial charge in [0.25, 0.3) is 0 Å². The number of carbonyl (C=O) groups excluding carboxylic acids is 1. The number of methoxy groups -OCH3 is 1. The minimum absolute atomic E-state index is 0.0636. The number of ether oxygens (including phenoxy) is 1. The van der Waals surface area contributed by atoms with E-state index in [1.807, 2.05) is 25.1 Å². The molecule has 82 valence electrons. The molecule has 4 heteroatoms. The Morgan fingerprint density at radius 1 is 1.60 bits per heavy atom. The number of nitrogens with one attached hydrogen (secondary N) is 1. The lowest BCUT2D eigenvalue weighted by molar-refractivity contribution is -0.125. The summed E-state index contributed by atoms with van der Waals surface area (Å²) in [7, 11) is 1.49. The second-order valence-electron chi connectivity index (χ2n) is 3.28. The van der Waals surface area contributed by atoms with Gasteiger partial charge in [0.2, 0.25) is 5.91 Å². The summed E-state index contributed by atoms with van der Waals surface area (Å²) >= 11 is 5.85. The van der Waals surface area contributed by atoms with Crippen molar-refractivity contribution < 1.29 is 9.53 Å². The molecular formula is C11H14ClNO2. The van der Waals surface area contributed by atoms with Crippen LogP contribution in [-0.4, -0.2) is 19.6 Å². The first-order valence-corrected chi connectivity index (χ1v) is 5.05. The van der Waals surface area contributed by atoms with Crippen LogP contribution in [0.2, 0.25) is 5.02 Å². The average molecular weight is 228 g/mol. The first-order chi connectivity index (χ1) is 7.13. The van der Waals surface area contributed by atoms with Gasteiger partial charge in [-0.05, 0) is 24.6 Å². The molecule has 1 N–H and O–H groups in total. The molecule has 0 radical (unpaired) electrons. The molecule has 0 heterocycles. The zero-order chi connectivity index (χ0) is 11.3. The lowest BCUT2D eigenvalue weighted by Crippen LogP contribution is -2.29. The molecule has 1 amide bonds. The van der Waals surface area contributed by atoms with Gasteiger partial charge in [0, 0.05) is 12.1 Å². The SMILES string of the molecule is COCC(=O)NC(C)c1cccc(Cl)c1. The van der Waals surface area contributed by atoms with E-state index in [1.165, 1.54) is 7.11 Å². The highest BCUT2D eigenvalue weighted by Gasteiger charge is 2.08. The van der Waals surface area contributed by atoms with Crippen LogP contribution in [0, 0.1) is 0 Å². The Labute approximate surface area is 94.4 Å². The van der Waals surface area contributed by atoms with Crippen LogP contribution in [0.15, 0.2) is 24.3 Å². The molecule has 1 rings (SSSR count). The Hall–Kier alpha value is -1.06. The summed E-state index contributed by atoms with van der Waals surface area (Å²) in [6.07, 6.45) is 0. The summed E-state index contributed by atoms with van der Waals surface area (Å²) in [5.74, 6) is -0.134. The maximum Gasteiger partial charge on any atom is 0.246 e. The minimum Gasteiger partial charge on any atom is -0.375 e. The van der Waals surface area contributed by atoms with Crippen molar-refractivity contribution in [2.45, 2.75) is 13.0 Å². The molecule has 1 aromatic carbocycles. The molecule has 0 spiro atoms. The predicted octanol–water partition coefficient (Wildman–Crippen LogP) is 2.16. The molecule has 0 aliphatic heterocycles. The van der Waals surface area contributed by atoms with Crippen LogP contribution in [-0.2, 0) is 9.53 Å². The molecule has 0 saturated heterocycles. The van der Waals surface area contributed by atoms with Gasteiger partial charge in [-0.3, -0.25) is 4.79 Å². The highest BCUT2D eigenvalue weighted by Crippen LogP contribution is 2.16. The monoisotopic (exact) mass is 227 g/mol. The van der Waals surface area contributed by atoms with Crippen molar-refractivity contribution in [1.29, 1.82) is 0 Å². The van der Waals surface area contributed by atoms with Gasteiger partial charge in [-0.15, -0.1) is 0 Å². The number of benzene rings is 1. The van der Waals surface area contributed by atoms with Crippen molar-refractivity contribution in [3.63, 3.8) is 0 Å². The first kappa shape index (κ1) is 12.0. The van der Waals surface area contributed by atoms with Crippen LogP contribution in [0.4, 0.5) is 0 Å². The van der Waals surface area contributed by atoms with Gasteiger partial charge >= 0.3 is 0 Å². The molecule has 1 aromatic rings. The van der Waals surface area contributed by atoms with E-state index in [0.29, 0.717) is 5.02 Å². The zero-order valence-corrected chi connectivity index (χ0v) is 9.54. The zero-order valence-electron chi connectivity index (χ0n) is 8.79. The Balaban J connectivity index is 2.60. The van der Waals surface area contributed by atoms with Crippen molar-refractivity contribution in [3.05, 3.63) is 34.9 Å². The molecule has 0 aliphatic carbocycles. The molecular weight excluding hydrogens is 214 g/mol. The van der Waals surface area contributed by atoms with Gasteiger partial charge in [0.15, 0.2) is 0 Å². The van der Waals surface area contributed by atoms with E-state index >= 15 is 0 Å². The number of hydrogen-bond donors (Lipinski definition) is 1. The highest BCUT2D eigenvalue weighted by atomic mass is 35.5. The maximum absolute atomic E-state index is 11.2. The van der Waals surface area contributed by atoms with Crippen molar-refractivity contribution in [3.8, 4) is 0 Å². The van der Waals surface area contributed by atoms with Crippen LogP contribution >= 0.6 is 11.6 Å². The second kappa shape index (κ2) is 5.73. The molecule has 15 heavy (non-hydrogen) atoms. The third-order valence-electron chi connectivity index (χ3n) is 2.00. The molecule has 0 aliphatic rings. The fraction of sp³-hybridized carbons (Fsp3) is 0.364. The summed E-state index contributed by atoms with van der Waals surface area (Å²) in [5, 5.41) is 3.47. The molecule has 3 nitrogen and oxygen atoms in total. The third kappa shape index (κ3) is 3.90. The quantitative estimate of drug-likeness (QED) is 0.856. The number of hydrogen-bond acceptors (Lipinski definition) is 2. The lowest BCUT2D eigenvalue weighted by Gasteiger charge is -2.14. The van der Waals surface area contributed by atoms with Crippen LogP contribution in [0.5, 0.6) is 0 Å². The fourth-order valence-corrected chi connectivity index (χ4v) is 1.47. The van der Waals surface area contributed by atoms with Gasteiger partial charge in [0.1, 0.15) is 6.61 Å². The second-order valence-corrected chi connectivity index (χ2v) is 3.71. The standard InChI is InChI=1S/C11H14ClNO2/c1-8(13-11(14)7-15-2)9-4-3-5-10(12)6-9/h3-6,8H,7H2,1-2H3,(H,13,14). The molecule has 0 aromatic heterocycles. The maximum atomic E-state index is 11.2. The number of rotatable bonds is 4. The highest BCUT2D eigenvalue weighted by molar-refractivity contribution is 6.30. The lowest BCUT2D eigenvalue weighted by atomic mass is 10.1. The van der Waals surface area contributed by atoms with E-state index < -0.39 is 0 Å². The largest absolute Gasteiger partial charge is 0.375 e. The van der Waals surface area contributed by atoms with Gasteiger partial charge < -0.3 is 10.1 Å². The van der Waals surface area contributed by atoms with Gasteiger partial charge in [0.05, 0.1) is 6.04 Å². The van der Waals surface area contributed by atoms with E-state index in [9.17, 15) is 4.79 Å². The molecule has 0 bridgehead atoms. The summed E-state index contributed by atoms with van der Waals surface area (Å²) in [4.78, 5) is 11.2. The van der Waals surface area contributed by atoms with E-state index in [1.54, 1.807) is 6.07 Å². The smallest absolute Gasteiger partial charge is 0.246 e. The Bertz CT molecular complexity index is 341.